The fraction of sp³-hybridized carbons (Fsp3) is 0.500. The number of hydrogen-bond acceptors (Lipinski definition) is 3. The van der Waals surface area contributed by atoms with Crippen LogP contribution >= 0.6 is 0 Å². The maximum Gasteiger partial charge on any atom is 0.335 e. The molecule has 1 N–H and O–H groups in total. The van der Waals surface area contributed by atoms with Gasteiger partial charge >= 0.3 is 5.97 Å². The molecule has 5 heteroatoms. The highest BCUT2D eigenvalue weighted by Crippen LogP contribution is 2.17. The third kappa shape index (κ3) is 4.48. The van der Waals surface area contributed by atoms with Crippen LogP contribution in [-0.4, -0.2) is 40.6 Å². The summed E-state index contributed by atoms with van der Waals surface area (Å²) in [6.45, 7) is 9.50. The molecule has 1 amide bonds. The smallest absolute Gasteiger partial charge is 0.335 e. The normalized spacial score (nSPS) is 10.8. The van der Waals surface area contributed by atoms with Gasteiger partial charge in [-0.3, -0.25) is 4.79 Å². The Labute approximate surface area is 125 Å². The fourth-order valence-electron chi connectivity index (χ4n) is 2.36. The highest BCUT2D eigenvalue weighted by Gasteiger charge is 2.20. The molecule has 0 spiro atoms. The zero-order valence-corrected chi connectivity index (χ0v) is 13.2. The highest BCUT2D eigenvalue weighted by molar-refractivity contribution is 5.89. The molecule has 0 aliphatic carbocycles. The molecule has 5 nitrogen and oxygen atoms in total. The Bertz CT molecular complexity index is 515. The monoisotopic (exact) mass is 293 g/mol. The number of ether oxygens (including phenoxy) is 1. The number of hydrogen-bond donors (Lipinski definition) is 1. The summed E-state index contributed by atoms with van der Waals surface area (Å²) < 4.78 is 5.48. The number of aromatic carboxylic acids is 1. The van der Waals surface area contributed by atoms with Gasteiger partial charge < -0.3 is 14.7 Å². The Hall–Kier alpha value is -2.04. The predicted octanol–water partition coefficient (Wildman–Crippen LogP) is 2.72. The molecule has 0 heterocycles. The summed E-state index contributed by atoms with van der Waals surface area (Å²) in [4.78, 5) is 24.9. The van der Waals surface area contributed by atoms with Crippen molar-refractivity contribution in [3.05, 3.63) is 29.3 Å². The van der Waals surface area contributed by atoms with E-state index in [-0.39, 0.29) is 30.2 Å². The number of carboxylic acids is 1. The first-order chi connectivity index (χ1) is 9.73. The maximum absolute atomic E-state index is 12.2. The molecular formula is C16H23NO4. The molecule has 0 aliphatic heterocycles. The Morgan fingerprint density at radius 3 is 2.19 bits per heavy atom. The van der Waals surface area contributed by atoms with E-state index in [9.17, 15) is 9.59 Å². The van der Waals surface area contributed by atoms with Gasteiger partial charge in [0.25, 0.3) is 5.91 Å². The Balaban J connectivity index is 2.73. The summed E-state index contributed by atoms with van der Waals surface area (Å²) in [6.07, 6.45) is 0. The van der Waals surface area contributed by atoms with E-state index in [0.717, 1.165) is 0 Å². The van der Waals surface area contributed by atoms with Gasteiger partial charge in [0, 0.05) is 12.1 Å². The SMILES string of the molecule is Cc1cc(OCC(=O)N(C(C)C)C(C)C)ccc1C(=O)O. The fourth-order valence-corrected chi connectivity index (χ4v) is 2.36. The van der Waals surface area contributed by atoms with Crippen molar-refractivity contribution in [2.45, 2.75) is 46.7 Å². The topological polar surface area (TPSA) is 66.8 Å². The number of benzene rings is 1. The lowest BCUT2D eigenvalue weighted by molar-refractivity contribution is -0.137. The average molecular weight is 293 g/mol. The van der Waals surface area contributed by atoms with Crippen molar-refractivity contribution in [1.82, 2.24) is 4.90 Å². The van der Waals surface area contributed by atoms with Crippen molar-refractivity contribution in [2.24, 2.45) is 0 Å². The number of rotatable bonds is 6. The van der Waals surface area contributed by atoms with E-state index < -0.39 is 5.97 Å². The van der Waals surface area contributed by atoms with Crippen LogP contribution in [0.3, 0.4) is 0 Å². The second-order valence-corrected chi connectivity index (χ2v) is 5.56. The number of carbonyl (C=O) groups is 2. The van der Waals surface area contributed by atoms with Gasteiger partial charge in [-0.25, -0.2) is 4.79 Å². The van der Waals surface area contributed by atoms with E-state index in [4.69, 9.17) is 9.84 Å². The van der Waals surface area contributed by atoms with Gasteiger partial charge in [-0.2, -0.15) is 0 Å². The molecule has 1 aromatic rings. The maximum atomic E-state index is 12.2. The molecule has 0 aliphatic rings. The van der Waals surface area contributed by atoms with Crippen molar-refractivity contribution < 1.29 is 19.4 Å². The van der Waals surface area contributed by atoms with Gasteiger partial charge in [0.05, 0.1) is 5.56 Å². The standard InChI is InChI=1S/C16H23NO4/c1-10(2)17(11(3)4)15(18)9-21-13-6-7-14(16(19)20)12(5)8-13/h6-8,10-11H,9H2,1-5H3,(H,19,20). The molecule has 116 valence electrons. The number of amides is 1. The summed E-state index contributed by atoms with van der Waals surface area (Å²) in [5, 5.41) is 8.97. The van der Waals surface area contributed by atoms with E-state index in [1.54, 1.807) is 24.0 Å². The summed E-state index contributed by atoms with van der Waals surface area (Å²) in [6, 6.07) is 4.90. The van der Waals surface area contributed by atoms with Crippen LogP contribution in [0, 0.1) is 6.92 Å². The minimum atomic E-state index is -0.971. The van der Waals surface area contributed by atoms with Crippen LogP contribution in [0.4, 0.5) is 0 Å². The third-order valence-electron chi connectivity index (χ3n) is 3.19. The van der Waals surface area contributed by atoms with Gasteiger partial charge in [-0.1, -0.05) is 0 Å². The summed E-state index contributed by atoms with van der Waals surface area (Å²) >= 11 is 0. The van der Waals surface area contributed by atoms with E-state index in [2.05, 4.69) is 0 Å². The van der Waals surface area contributed by atoms with Gasteiger partial charge in [0.2, 0.25) is 0 Å². The highest BCUT2D eigenvalue weighted by atomic mass is 16.5. The van der Waals surface area contributed by atoms with Gasteiger partial charge in [-0.05, 0) is 58.4 Å². The molecule has 0 fully saturated rings. The van der Waals surface area contributed by atoms with Gasteiger partial charge in [0.1, 0.15) is 5.75 Å². The number of aryl methyl sites for hydroxylation is 1. The van der Waals surface area contributed by atoms with Crippen LogP contribution in [-0.2, 0) is 4.79 Å². The van der Waals surface area contributed by atoms with E-state index >= 15 is 0 Å². The number of nitrogens with zero attached hydrogens (tertiary/aromatic N) is 1. The van der Waals surface area contributed by atoms with E-state index in [0.29, 0.717) is 11.3 Å². The van der Waals surface area contributed by atoms with Crippen molar-refractivity contribution >= 4 is 11.9 Å². The predicted molar refractivity (Wildman–Crippen MR) is 80.8 cm³/mol. The van der Waals surface area contributed by atoms with Crippen LogP contribution in [0.2, 0.25) is 0 Å². The lowest BCUT2D eigenvalue weighted by Gasteiger charge is -2.30. The van der Waals surface area contributed by atoms with Crippen LogP contribution < -0.4 is 4.74 Å². The quantitative estimate of drug-likeness (QED) is 0.875. The zero-order valence-electron chi connectivity index (χ0n) is 13.2. The molecule has 0 saturated carbocycles. The zero-order chi connectivity index (χ0) is 16.2. The summed E-state index contributed by atoms with van der Waals surface area (Å²) in [5.74, 6) is -0.556. The number of carbonyl (C=O) groups excluding carboxylic acids is 1. The molecule has 21 heavy (non-hydrogen) atoms. The largest absolute Gasteiger partial charge is 0.484 e. The molecule has 0 atom stereocenters. The Kier molecular flexibility index (Phi) is 5.76. The number of carboxylic acid groups (broad SMARTS) is 1. The molecule has 0 radical (unpaired) electrons. The van der Waals surface area contributed by atoms with Gasteiger partial charge in [-0.15, -0.1) is 0 Å². The summed E-state index contributed by atoms with van der Waals surface area (Å²) in [7, 11) is 0. The molecule has 0 aromatic heterocycles. The molecule has 0 saturated heterocycles. The van der Waals surface area contributed by atoms with Crippen molar-refractivity contribution in [2.75, 3.05) is 6.61 Å². The average Bonchev–Trinajstić information content (AvgIpc) is 2.35. The first kappa shape index (κ1) is 17.0. The second-order valence-electron chi connectivity index (χ2n) is 5.56. The molecular weight excluding hydrogens is 270 g/mol. The van der Waals surface area contributed by atoms with Crippen molar-refractivity contribution in [1.29, 1.82) is 0 Å². The van der Waals surface area contributed by atoms with Crippen LogP contribution in [0.25, 0.3) is 0 Å². The lowest BCUT2D eigenvalue weighted by Crippen LogP contribution is -2.44. The van der Waals surface area contributed by atoms with E-state index in [1.165, 1.54) is 6.07 Å². The summed E-state index contributed by atoms with van der Waals surface area (Å²) in [5.41, 5.74) is 0.844. The first-order valence-electron chi connectivity index (χ1n) is 7.02. The van der Waals surface area contributed by atoms with Crippen molar-refractivity contribution in [3.63, 3.8) is 0 Å². The minimum absolute atomic E-state index is 0.0534. The molecule has 0 unspecified atom stereocenters. The van der Waals surface area contributed by atoms with E-state index in [1.807, 2.05) is 27.7 Å². The van der Waals surface area contributed by atoms with Crippen LogP contribution in [0.5, 0.6) is 5.75 Å². The van der Waals surface area contributed by atoms with Crippen LogP contribution in [0.15, 0.2) is 18.2 Å². The first-order valence-corrected chi connectivity index (χ1v) is 7.02. The Morgan fingerprint density at radius 1 is 1.19 bits per heavy atom. The Morgan fingerprint density at radius 2 is 1.76 bits per heavy atom. The van der Waals surface area contributed by atoms with Crippen molar-refractivity contribution in [3.8, 4) is 5.75 Å². The lowest BCUT2D eigenvalue weighted by atomic mass is 10.1. The molecule has 1 aromatic carbocycles. The third-order valence-corrected chi connectivity index (χ3v) is 3.19. The second kappa shape index (κ2) is 7.11. The van der Waals surface area contributed by atoms with Gasteiger partial charge in [0.15, 0.2) is 6.61 Å². The van der Waals surface area contributed by atoms with Crippen LogP contribution in [0.1, 0.15) is 43.6 Å². The molecule has 1 rings (SSSR count). The molecule has 0 bridgehead atoms. The minimum Gasteiger partial charge on any atom is -0.484 e.